The molecule has 4 heteroatoms. The fourth-order valence-corrected chi connectivity index (χ4v) is 2.92. The van der Waals surface area contributed by atoms with Crippen LogP contribution in [-0.2, 0) is 13.4 Å². The van der Waals surface area contributed by atoms with Crippen LogP contribution in [0.1, 0.15) is 5.56 Å². The van der Waals surface area contributed by atoms with Crippen molar-refractivity contribution >= 4 is 28.3 Å². The van der Waals surface area contributed by atoms with Gasteiger partial charge in [-0.05, 0) is 5.56 Å². The summed E-state index contributed by atoms with van der Waals surface area (Å²) in [5.74, 6) is 0. The molecule has 0 saturated carbocycles. The summed E-state index contributed by atoms with van der Waals surface area (Å²) < 4.78 is 9.98. The molecule has 13 heavy (non-hydrogen) atoms. The standard InChI is InChI=1S/C9H11O2.ClH.Mg/c1-10-9(11-2)8-6-4-3-5-7-8;;/h3-7H,1-2H3;1H;/q;;+1/p-1. The minimum Gasteiger partial charge on any atom is -0.374 e. The van der Waals surface area contributed by atoms with E-state index in [0.717, 1.165) is 5.56 Å². The van der Waals surface area contributed by atoms with Crippen molar-refractivity contribution < 1.29 is 9.47 Å². The third kappa shape index (κ3) is 2.36. The molecule has 0 aliphatic carbocycles. The fraction of sp³-hybridized carbons (Fsp3) is 0.333. The van der Waals surface area contributed by atoms with Crippen LogP contribution in [0.2, 0.25) is 0 Å². The molecule has 0 fully saturated rings. The molecular weight excluding hydrogens is 200 g/mol. The SMILES string of the molecule is CO[C](OC)([Mg][Cl])c1ccccc1. The Kier molecular flexibility index (Phi) is 4.48. The molecule has 0 aliphatic heterocycles. The van der Waals surface area contributed by atoms with Gasteiger partial charge in [0.1, 0.15) is 3.92 Å². The zero-order valence-electron chi connectivity index (χ0n) is 7.79. The van der Waals surface area contributed by atoms with Crippen molar-refractivity contribution in [2.45, 2.75) is 3.92 Å². The third-order valence-corrected chi connectivity index (χ3v) is 4.44. The molecule has 0 amide bonds. The van der Waals surface area contributed by atoms with Gasteiger partial charge in [-0.1, -0.05) is 30.3 Å². The number of rotatable bonds is 4. The lowest BCUT2D eigenvalue weighted by Crippen LogP contribution is -2.35. The summed E-state index contributed by atoms with van der Waals surface area (Å²) in [6, 6.07) is 9.77. The molecule has 68 valence electrons. The highest BCUT2D eigenvalue weighted by Gasteiger charge is 2.33. The van der Waals surface area contributed by atoms with Crippen LogP contribution >= 0.6 is 9.07 Å². The second-order valence-electron chi connectivity index (χ2n) is 2.66. The Labute approximate surface area is 91.7 Å². The maximum atomic E-state index is 5.95. The molecule has 2 nitrogen and oxygen atoms in total. The van der Waals surface area contributed by atoms with Gasteiger partial charge in [-0.2, -0.15) is 0 Å². The summed E-state index contributed by atoms with van der Waals surface area (Å²) in [7, 11) is 9.18. The molecule has 0 unspecified atom stereocenters. The molecule has 0 heterocycles. The van der Waals surface area contributed by atoms with E-state index in [9.17, 15) is 0 Å². The summed E-state index contributed by atoms with van der Waals surface area (Å²) in [6.07, 6.45) is 0. The number of halogens is 1. The van der Waals surface area contributed by atoms with Gasteiger partial charge in [-0.15, -0.1) is 0 Å². The second kappa shape index (κ2) is 5.17. The molecule has 0 saturated heterocycles. The van der Waals surface area contributed by atoms with E-state index < -0.39 is 23.2 Å². The molecule has 0 bridgehead atoms. The highest BCUT2D eigenvalue weighted by molar-refractivity contribution is 6.94. The summed E-state index contributed by atoms with van der Waals surface area (Å²) in [5, 5.41) is 0. The predicted molar refractivity (Wildman–Crippen MR) is 53.7 cm³/mol. The Bertz CT molecular complexity index is 241. The van der Waals surface area contributed by atoms with Gasteiger partial charge in [0.05, 0.1) is 0 Å². The Morgan fingerprint density at radius 2 is 1.69 bits per heavy atom. The highest BCUT2D eigenvalue weighted by Crippen LogP contribution is 2.25. The normalized spacial score (nSPS) is 11.0. The van der Waals surface area contributed by atoms with Crippen molar-refractivity contribution in [1.82, 2.24) is 0 Å². The van der Waals surface area contributed by atoms with Gasteiger partial charge < -0.3 is 18.5 Å². The first-order valence-electron chi connectivity index (χ1n) is 4.01. The van der Waals surface area contributed by atoms with Crippen molar-refractivity contribution in [2.24, 2.45) is 0 Å². The topological polar surface area (TPSA) is 18.5 Å². The van der Waals surface area contributed by atoms with E-state index in [1.165, 1.54) is 0 Å². The summed E-state index contributed by atoms with van der Waals surface area (Å²) in [5.41, 5.74) is 0.988. The highest BCUT2D eigenvalue weighted by atomic mass is 35.5. The van der Waals surface area contributed by atoms with Crippen molar-refractivity contribution in [3.05, 3.63) is 35.9 Å². The minimum absolute atomic E-state index is 0.678. The van der Waals surface area contributed by atoms with Crippen LogP contribution < -0.4 is 0 Å². The summed E-state index contributed by atoms with van der Waals surface area (Å²) in [6.45, 7) is 0. The summed E-state index contributed by atoms with van der Waals surface area (Å²) >= 11 is -0.949. The van der Waals surface area contributed by atoms with E-state index in [1.807, 2.05) is 30.3 Å². The van der Waals surface area contributed by atoms with E-state index >= 15 is 0 Å². The number of ether oxygens (including phenoxy) is 2. The van der Waals surface area contributed by atoms with Crippen molar-refractivity contribution in [3.8, 4) is 0 Å². The largest absolute Gasteiger partial charge is 0.592 e. The zero-order valence-corrected chi connectivity index (χ0v) is 9.96. The van der Waals surface area contributed by atoms with E-state index in [2.05, 4.69) is 0 Å². The fourth-order valence-electron chi connectivity index (χ4n) is 1.20. The van der Waals surface area contributed by atoms with E-state index in [4.69, 9.17) is 18.5 Å². The predicted octanol–water partition coefficient (Wildman–Crippen LogP) is 1.95. The number of methoxy groups -OCH3 is 2. The van der Waals surface area contributed by atoms with Crippen LogP contribution in [0.25, 0.3) is 0 Å². The third-order valence-electron chi connectivity index (χ3n) is 2.05. The molecule has 0 aromatic heterocycles. The Morgan fingerprint density at radius 1 is 1.15 bits per heavy atom. The first-order chi connectivity index (χ1) is 6.29. The zero-order chi connectivity index (χ0) is 9.73. The quantitative estimate of drug-likeness (QED) is 0.559. The summed E-state index contributed by atoms with van der Waals surface area (Å²) in [4.78, 5) is 0. The average Bonchev–Trinajstić information content (AvgIpc) is 2.23. The first kappa shape index (κ1) is 11.3. The molecule has 1 aromatic rings. The molecule has 0 radical (unpaired) electrons. The lowest BCUT2D eigenvalue weighted by molar-refractivity contribution is -0.149. The van der Waals surface area contributed by atoms with E-state index in [-0.39, 0.29) is 0 Å². The van der Waals surface area contributed by atoms with Crippen LogP contribution in [-0.4, -0.2) is 33.5 Å². The Balaban J connectivity index is 3.01. The van der Waals surface area contributed by atoms with Gasteiger partial charge in [-0.25, -0.2) is 0 Å². The van der Waals surface area contributed by atoms with Gasteiger partial charge in [0.15, 0.2) is 0 Å². The lowest BCUT2D eigenvalue weighted by Gasteiger charge is -2.30. The molecule has 0 aliphatic rings. The smallest absolute Gasteiger partial charge is 0.374 e. The Hall–Kier alpha value is 0.196. The van der Waals surface area contributed by atoms with Crippen LogP contribution in [0, 0.1) is 0 Å². The van der Waals surface area contributed by atoms with Crippen LogP contribution in [0.15, 0.2) is 30.3 Å². The van der Waals surface area contributed by atoms with E-state index in [1.54, 1.807) is 14.2 Å². The Morgan fingerprint density at radius 3 is 2.08 bits per heavy atom. The van der Waals surface area contributed by atoms with Crippen molar-refractivity contribution in [1.29, 1.82) is 0 Å². The average molecular weight is 211 g/mol. The number of benzene rings is 1. The minimum atomic E-state index is -0.949. The molecule has 1 rings (SSSR count). The van der Waals surface area contributed by atoms with Crippen molar-refractivity contribution in [3.63, 3.8) is 0 Å². The van der Waals surface area contributed by atoms with Crippen molar-refractivity contribution in [2.75, 3.05) is 14.2 Å². The van der Waals surface area contributed by atoms with E-state index in [0.29, 0.717) is 0 Å². The molecular formula is C9H11ClMgO2. The van der Waals surface area contributed by atoms with Crippen LogP contribution in [0.5, 0.6) is 0 Å². The molecule has 0 spiro atoms. The molecule has 1 aromatic carbocycles. The number of hydrogen-bond donors (Lipinski definition) is 0. The van der Waals surface area contributed by atoms with Crippen LogP contribution in [0.4, 0.5) is 0 Å². The molecule has 0 atom stereocenters. The lowest BCUT2D eigenvalue weighted by atomic mass is 10.2. The maximum Gasteiger partial charge on any atom is 0.592 e. The van der Waals surface area contributed by atoms with Gasteiger partial charge in [0.2, 0.25) is 0 Å². The van der Waals surface area contributed by atoms with Gasteiger partial charge in [-0.3, -0.25) is 0 Å². The monoisotopic (exact) mass is 210 g/mol. The number of hydrogen-bond acceptors (Lipinski definition) is 2. The maximum absolute atomic E-state index is 5.95. The van der Waals surface area contributed by atoms with Gasteiger partial charge >= 0.3 is 19.3 Å². The van der Waals surface area contributed by atoms with Crippen LogP contribution in [0.3, 0.4) is 0 Å². The first-order valence-corrected chi connectivity index (χ1v) is 6.85. The van der Waals surface area contributed by atoms with Gasteiger partial charge in [0.25, 0.3) is 0 Å². The van der Waals surface area contributed by atoms with Gasteiger partial charge in [0, 0.05) is 14.2 Å². The molecule has 0 N–H and O–H groups in total. The second-order valence-corrected chi connectivity index (χ2v) is 4.66.